The number of aryl methyl sites for hydroxylation is 1. The van der Waals surface area contributed by atoms with Crippen molar-refractivity contribution in [2.24, 2.45) is 5.92 Å². The first-order valence-electron chi connectivity index (χ1n) is 6.08. The highest BCUT2D eigenvalue weighted by molar-refractivity contribution is 6.21. The molecule has 92 valence electrons. The summed E-state index contributed by atoms with van der Waals surface area (Å²) in [5, 5.41) is 3.00. The van der Waals surface area contributed by atoms with Gasteiger partial charge in [-0.15, -0.1) is 11.6 Å². The van der Waals surface area contributed by atoms with E-state index in [1.807, 2.05) is 32.0 Å². The second-order valence-corrected chi connectivity index (χ2v) is 5.37. The van der Waals surface area contributed by atoms with Crippen LogP contribution in [0.15, 0.2) is 18.2 Å². The zero-order valence-corrected chi connectivity index (χ0v) is 11.1. The molecule has 1 aliphatic rings. The third-order valence-corrected chi connectivity index (χ3v) is 3.95. The summed E-state index contributed by atoms with van der Waals surface area (Å²) in [6, 6.07) is 5.79. The fourth-order valence-electron chi connectivity index (χ4n) is 1.91. The van der Waals surface area contributed by atoms with E-state index in [2.05, 4.69) is 5.32 Å². The first-order chi connectivity index (χ1) is 8.09. The minimum Gasteiger partial charge on any atom is -0.351 e. The Kier molecular flexibility index (Phi) is 3.72. The van der Waals surface area contributed by atoms with Gasteiger partial charge in [0.05, 0.1) is 5.38 Å². The summed E-state index contributed by atoms with van der Waals surface area (Å²) in [5.41, 5.74) is 2.94. The average molecular weight is 252 g/mol. The fourth-order valence-corrected chi connectivity index (χ4v) is 2.24. The fraction of sp³-hybridized carbons (Fsp3) is 0.500. The van der Waals surface area contributed by atoms with Crippen LogP contribution in [0.5, 0.6) is 0 Å². The topological polar surface area (TPSA) is 29.1 Å². The number of benzene rings is 1. The van der Waals surface area contributed by atoms with Crippen molar-refractivity contribution in [1.29, 1.82) is 0 Å². The van der Waals surface area contributed by atoms with E-state index in [0.29, 0.717) is 12.5 Å². The number of hydrogen-bond donors (Lipinski definition) is 1. The Morgan fingerprint density at radius 2 is 2.18 bits per heavy atom. The quantitative estimate of drug-likeness (QED) is 0.819. The molecule has 1 aromatic rings. The van der Waals surface area contributed by atoms with Gasteiger partial charge in [0, 0.05) is 12.1 Å². The molecule has 0 heterocycles. The molecule has 0 bridgehead atoms. The van der Waals surface area contributed by atoms with Gasteiger partial charge in [-0.05, 0) is 49.8 Å². The van der Waals surface area contributed by atoms with Crippen LogP contribution in [0.4, 0.5) is 0 Å². The van der Waals surface area contributed by atoms with E-state index >= 15 is 0 Å². The minimum absolute atomic E-state index is 0.0162. The molecule has 1 aromatic carbocycles. The molecule has 0 spiro atoms. The van der Waals surface area contributed by atoms with Crippen LogP contribution in [0, 0.1) is 19.8 Å². The van der Waals surface area contributed by atoms with Gasteiger partial charge in [0.15, 0.2) is 0 Å². The number of alkyl halides is 1. The van der Waals surface area contributed by atoms with Gasteiger partial charge in [-0.1, -0.05) is 12.1 Å². The summed E-state index contributed by atoms with van der Waals surface area (Å²) >= 11 is 6.17. The maximum absolute atomic E-state index is 12.0. The van der Waals surface area contributed by atoms with E-state index in [1.165, 1.54) is 12.8 Å². The average Bonchev–Trinajstić information content (AvgIpc) is 3.13. The lowest BCUT2D eigenvalue weighted by atomic mass is 10.0. The third-order valence-electron chi connectivity index (χ3n) is 3.44. The number of amides is 1. The molecule has 1 unspecified atom stereocenters. The maximum atomic E-state index is 12.0. The van der Waals surface area contributed by atoms with Crippen LogP contribution in [0.2, 0.25) is 0 Å². The Morgan fingerprint density at radius 3 is 2.82 bits per heavy atom. The van der Waals surface area contributed by atoms with E-state index < -0.39 is 0 Å². The second-order valence-electron chi connectivity index (χ2n) is 4.81. The monoisotopic (exact) mass is 251 g/mol. The van der Waals surface area contributed by atoms with Crippen LogP contribution < -0.4 is 5.32 Å². The van der Waals surface area contributed by atoms with Crippen molar-refractivity contribution in [3.63, 3.8) is 0 Å². The van der Waals surface area contributed by atoms with Gasteiger partial charge in [0.25, 0.3) is 5.91 Å². The van der Waals surface area contributed by atoms with Gasteiger partial charge in [0.1, 0.15) is 0 Å². The molecule has 0 saturated heterocycles. The summed E-state index contributed by atoms with van der Waals surface area (Å²) in [5.74, 6) is 0.591. The van der Waals surface area contributed by atoms with Gasteiger partial charge >= 0.3 is 0 Å². The SMILES string of the molecule is Cc1cccc(C(=O)NCC(Cl)C2CC2)c1C. The highest BCUT2D eigenvalue weighted by Gasteiger charge is 2.29. The Balaban J connectivity index is 1.96. The van der Waals surface area contributed by atoms with Crippen molar-refractivity contribution in [3.05, 3.63) is 34.9 Å². The standard InChI is InChI=1S/C14H18ClNO/c1-9-4-3-5-12(10(9)2)14(17)16-8-13(15)11-6-7-11/h3-5,11,13H,6-8H2,1-2H3,(H,16,17). The minimum atomic E-state index is -0.0162. The first kappa shape index (κ1) is 12.4. The Bertz CT molecular complexity index is 426. The van der Waals surface area contributed by atoms with Crippen molar-refractivity contribution in [1.82, 2.24) is 5.32 Å². The highest BCUT2D eigenvalue weighted by Crippen LogP contribution is 2.35. The van der Waals surface area contributed by atoms with Crippen molar-refractivity contribution < 1.29 is 4.79 Å². The van der Waals surface area contributed by atoms with E-state index in [9.17, 15) is 4.79 Å². The number of carbonyl (C=O) groups excluding carboxylic acids is 1. The summed E-state index contributed by atoms with van der Waals surface area (Å²) < 4.78 is 0. The molecule has 1 amide bonds. The van der Waals surface area contributed by atoms with E-state index in [0.717, 1.165) is 16.7 Å². The van der Waals surface area contributed by atoms with Gasteiger partial charge < -0.3 is 5.32 Å². The highest BCUT2D eigenvalue weighted by atomic mass is 35.5. The Labute approximate surface area is 107 Å². The number of nitrogens with one attached hydrogen (secondary N) is 1. The normalized spacial score (nSPS) is 16.6. The molecule has 0 aromatic heterocycles. The van der Waals surface area contributed by atoms with Gasteiger partial charge in [-0.3, -0.25) is 4.79 Å². The predicted octanol–water partition coefficient (Wildman–Crippen LogP) is 3.05. The third kappa shape index (κ3) is 3.01. The van der Waals surface area contributed by atoms with Crippen LogP contribution in [0.1, 0.15) is 34.3 Å². The zero-order valence-electron chi connectivity index (χ0n) is 10.3. The van der Waals surface area contributed by atoms with E-state index in [1.54, 1.807) is 0 Å². The second kappa shape index (κ2) is 5.09. The predicted molar refractivity (Wildman–Crippen MR) is 70.6 cm³/mol. The molecule has 1 atom stereocenters. The van der Waals surface area contributed by atoms with Crippen molar-refractivity contribution >= 4 is 17.5 Å². The number of carbonyl (C=O) groups is 1. The van der Waals surface area contributed by atoms with Crippen molar-refractivity contribution in [2.75, 3.05) is 6.54 Å². The molecule has 1 N–H and O–H groups in total. The molecule has 2 rings (SSSR count). The Morgan fingerprint density at radius 1 is 1.47 bits per heavy atom. The smallest absolute Gasteiger partial charge is 0.251 e. The molecule has 17 heavy (non-hydrogen) atoms. The molecule has 2 nitrogen and oxygen atoms in total. The molecule has 3 heteroatoms. The summed E-state index contributed by atoms with van der Waals surface area (Å²) in [7, 11) is 0. The number of halogens is 1. The van der Waals surface area contributed by atoms with Crippen molar-refractivity contribution in [2.45, 2.75) is 32.1 Å². The van der Waals surface area contributed by atoms with Crippen LogP contribution in [-0.2, 0) is 0 Å². The summed E-state index contributed by atoms with van der Waals surface area (Å²) in [6.45, 7) is 4.56. The Hall–Kier alpha value is -1.02. The lowest BCUT2D eigenvalue weighted by molar-refractivity contribution is 0.0952. The summed E-state index contributed by atoms with van der Waals surface area (Å²) in [6.07, 6.45) is 2.40. The number of hydrogen-bond acceptors (Lipinski definition) is 1. The van der Waals surface area contributed by atoms with Crippen LogP contribution in [-0.4, -0.2) is 17.8 Å². The molecular formula is C14H18ClNO. The first-order valence-corrected chi connectivity index (χ1v) is 6.51. The largest absolute Gasteiger partial charge is 0.351 e. The molecule has 0 radical (unpaired) electrons. The zero-order chi connectivity index (χ0) is 12.4. The van der Waals surface area contributed by atoms with Crippen LogP contribution in [0.25, 0.3) is 0 Å². The molecular weight excluding hydrogens is 234 g/mol. The number of rotatable bonds is 4. The van der Waals surface area contributed by atoms with Gasteiger partial charge in [0.2, 0.25) is 0 Å². The molecule has 1 saturated carbocycles. The lowest BCUT2D eigenvalue weighted by Crippen LogP contribution is -2.31. The van der Waals surface area contributed by atoms with Gasteiger partial charge in [-0.2, -0.15) is 0 Å². The van der Waals surface area contributed by atoms with E-state index in [4.69, 9.17) is 11.6 Å². The molecule has 1 aliphatic carbocycles. The maximum Gasteiger partial charge on any atom is 0.251 e. The van der Waals surface area contributed by atoms with Gasteiger partial charge in [-0.25, -0.2) is 0 Å². The lowest BCUT2D eigenvalue weighted by Gasteiger charge is -2.12. The molecule has 0 aliphatic heterocycles. The van der Waals surface area contributed by atoms with Crippen LogP contribution >= 0.6 is 11.6 Å². The van der Waals surface area contributed by atoms with E-state index in [-0.39, 0.29) is 11.3 Å². The molecule has 1 fully saturated rings. The van der Waals surface area contributed by atoms with Crippen molar-refractivity contribution in [3.8, 4) is 0 Å². The van der Waals surface area contributed by atoms with Crippen LogP contribution in [0.3, 0.4) is 0 Å². The summed E-state index contributed by atoms with van der Waals surface area (Å²) in [4.78, 5) is 12.0.